The van der Waals surface area contributed by atoms with Crippen molar-refractivity contribution >= 4 is 3.81 Å². The number of hydrogen-bond donors (Lipinski definition) is 0. The Bertz CT molecular complexity index is 1220. The second-order valence-corrected chi connectivity index (χ2v) is 10.1. The van der Waals surface area contributed by atoms with Gasteiger partial charge < -0.3 is 24.8 Å². The van der Waals surface area contributed by atoms with Crippen LogP contribution in [0.2, 0.25) is 0 Å². The molecule has 0 saturated heterocycles. The van der Waals surface area contributed by atoms with Crippen molar-refractivity contribution in [1.82, 2.24) is 0 Å². The first kappa shape index (κ1) is 29.8. The third kappa shape index (κ3) is 8.02. The van der Waals surface area contributed by atoms with E-state index in [1.165, 1.54) is 48.3 Å². The van der Waals surface area contributed by atoms with Gasteiger partial charge in [-0.1, -0.05) is 95.6 Å². The van der Waals surface area contributed by atoms with E-state index in [-0.39, 0.29) is 24.8 Å². The van der Waals surface area contributed by atoms with E-state index in [0.717, 1.165) is 12.8 Å². The summed E-state index contributed by atoms with van der Waals surface area (Å²) in [6.07, 6.45) is 11.0. The molecule has 6 rings (SSSR count). The second-order valence-electron chi connectivity index (χ2n) is 8.55. The summed E-state index contributed by atoms with van der Waals surface area (Å²) in [5, 5.41) is 0. The van der Waals surface area contributed by atoms with Crippen LogP contribution in [0.3, 0.4) is 0 Å². The average Bonchev–Trinajstić information content (AvgIpc) is 3.56. The largest absolute Gasteiger partial charge is 1.00 e. The first-order valence-electron chi connectivity index (χ1n) is 11.6. The fourth-order valence-electron chi connectivity index (χ4n) is 4.06. The average molecular weight is 543 g/mol. The Morgan fingerprint density at radius 3 is 1.89 bits per heavy atom. The van der Waals surface area contributed by atoms with E-state index in [4.69, 9.17) is 0 Å². The molecule has 0 saturated carbocycles. The van der Waals surface area contributed by atoms with Gasteiger partial charge in [-0.25, -0.2) is 12.2 Å². The van der Waals surface area contributed by atoms with Crippen LogP contribution in [0.1, 0.15) is 31.4 Å². The van der Waals surface area contributed by atoms with Gasteiger partial charge in [0.2, 0.25) is 0 Å². The molecular weight excluding hydrogens is 515 g/mol. The normalized spacial score (nSPS) is 11.4. The summed E-state index contributed by atoms with van der Waals surface area (Å²) < 4.78 is 1.42. The van der Waals surface area contributed by atoms with Crippen molar-refractivity contribution in [3.05, 3.63) is 132 Å². The van der Waals surface area contributed by atoms with Crippen molar-refractivity contribution in [1.29, 1.82) is 0 Å². The van der Waals surface area contributed by atoms with Gasteiger partial charge in [0, 0.05) is 0 Å². The van der Waals surface area contributed by atoms with E-state index in [9.17, 15) is 0 Å². The van der Waals surface area contributed by atoms with Crippen LogP contribution in [0.5, 0.6) is 0 Å². The molecular formula is C33H28Cl2Ti-2. The van der Waals surface area contributed by atoms with E-state index in [1.54, 1.807) is 0 Å². The second kappa shape index (κ2) is 14.9. The van der Waals surface area contributed by atoms with Crippen LogP contribution in [-0.4, -0.2) is 3.81 Å². The van der Waals surface area contributed by atoms with E-state index >= 15 is 0 Å². The van der Waals surface area contributed by atoms with Crippen molar-refractivity contribution in [2.75, 3.05) is 0 Å². The molecule has 0 bridgehead atoms. The zero-order valence-electron chi connectivity index (χ0n) is 20.6. The third-order valence-electron chi connectivity index (χ3n) is 5.57. The Morgan fingerprint density at radius 1 is 0.722 bits per heavy atom. The number of rotatable bonds is 2. The number of allylic oxidation sites excluding steroid dienone is 4. The minimum Gasteiger partial charge on any atom is -1.00 e. The minimum atomic E-state index is 0. The molecule has 3 heteroatoms. The van der Waals surface area contributed by atoms with Gasteiger partial charge in [-0.2, -0.15) is 6.08 Å². The fraction of sp³-hybridized carbons (Fsp3) is 0.121. The molecule has 0 heterocycles. The summed E-state index contributed by atoms with van der Waals surface area (Å²) in [6, 6.07) is 36.0. The maximum absolute atomic E-state index is 3.65. The topological polar surface area (TPSA) is 0 Å². The van der Waals surface area contributed by atoms with E-state index in [0.29, 0.717) is 0 Å². The molecule has 0 aromatic heterocycles. The minimum absolute atomic E-state index is 0. The fourth-order valence-corrected chi connectivity index (χ4v) is 4.06. The van der Waals surface area contributed by atoms with E-state index in [2.05, 4.69) is 143 Å². The van der Waals surface area contributed by atoms with Gasteiger partial charge in [-0.05, 0) is 23.1 Å². The van der Waals surface area contributed by atoms with Crippen molar-refractivity contribution in [3.63, 3.8) is 0 Å². The molecule has 0 unspecified atom stereocenters. The SMILES string of the molecule is C[C](C)=[Ti+2].[C-]1=CC=CC1.[Cl-].[Cl-].[c-]1c(-c2ccccc2)ccc2c1Cc1cc(-c3ccccc3)ccc1-2. The molecule has 4 aromatic rings. The maximum atomic E-state index is 3.65. The summed E-state index contributed by atoms with van der Waals surface area (Å²) in [4.78, 5) is 0. The molecule has 180 valence electrons. The molecule has 2 aliphatic rings. The van der Waals surface area contributed by atoms with Crippen LogP contribution >= 0.6 is 0 Å². The predicted octanol–water partition coefficient (Wildman–Crippen LogP) is 2.45. The Labute approximate surface area is 239 Å². The number of hydrogen-bond acceptors (Lipinski definition) is 0. The molecule has 0 atom stereocenters. The third-order valence-corrected chi connectivity index (χ3v) is 5.57. The van der Waals surface area contributed by atoms with Gasteiger partial charge in [0.1, 0.15) is 0 Å². The quantitative estimate of drug-likeness (QED) is 0.237. The Balaban J connectivity index is 0.000000357. The maximum Gasteiger partial charge on any atom is -0.0181 e. The first-order valence-corrected chi connectivity index (χ1v) is 12.4. The number of benzene rings is 4. The molecule has 0 spiro atoms. The monoisotopic (exact) mass is 542 g/mol. The van der Waals surface area contributed by atoms with E-state index in [1.807, 2.05) is 12.2 Å². The summed E-state index contributed by atoms with van der Waals surface area (Å²) in [5.41, 5.74) is 10.4. The summed E-state index contributed by atoms with van der Waals surface area (Å²) >= 11 is 2.08. The van der Waals surface area contributed by atoms with Gasteiger partial charge in [-0.15, -0.1) is 35.7 Å². The van der Waals surface area contributed by atoms with Crippen molar-refractivity contribution in [3.8, 4) is 33.4 Å². The van der Waals surface area contributed by atoms with Crippen LogP contribution in [-0.2, 0) is 26.4 Å². The summed E-state index contributed by atoms with van der Waals surface area (Å²) in [5.74, 6) is 0. The molecule has 0 N–H and O–H groups in total. The van der Waals surface area contributed by atoms with Crippen LogP contribution < -0.4 is 24.8 Å². The zero-order valence-corrected chi connectivity index (χ0v) is 23.6. The van der Waals surface area contributed by atoms with Gasteiger partial charge in [0.15, 0.2) is 0 Å². The van der Waals surface area contributed by atoms with Gasteiger partial charge >= 0.3 is 37.6 Å². The zero-order chi connectivity index (χ0) is 23.8. The Morgan fingerprint density at radius 2 is 1.33 bits per heavy atom. The van der Waals surface area contributed by atoms with E-state index < -0.39 is 0 Å². The first-order chi connectivity index (χ1) is 16.6. The van der Waals surface area contributed by atoms with Crippen LogP contribution in [0, 0.1) is 12.1 Å². The standard InChI is InChI=1S/C25H17.C5H5.C3H6.2ClH.Ti/c1-3-7-18(8-4-1)20-11-13-24-22(15-20)17-23-16-21(12-14-25(23)24)19-9-5-2-6-10-19;1-2-4-5-3-1;1-3-2;;;/h1-15H,17H2;1-3H,4H2;1-2H3;2*1H;/q2*-1;;;;+2/p-2. The number of fused-ring (bicyclic) bond motifs is 3. The smallest absolute Gasteiger partial charge is 0.0181 e. The van der Waals surface area contributed by atoms with Crippen molar-refractivity contribution < 1.29 is 44.8 Å². The van der Waals surface area contributed by atoms with Crippen molar-refractivity contribution in [2.45, 2.75) is 26.7 Å². The van der Waals surface area contributed by atoms with Crippen LogP contribution in [0.15, 0.2) is 109 Å². The molecule has 0 fully saturated rings. The Hall–Kier alpha value is -2.48. The molecule has 4 aromatic carbocycles. The van der Waals surface area contributed by atoms with Gasteiger partial charge in [0.05, 0.1) is 0 Å². The molecule has 0 nitrogen and oxygen atoms in total. The molecule has 36 heavy (non-hydrogen) atoms. The predicted molar refractivity (Wildman–Crippen MR) is 142 cm³/mol. The molecule has 0 radical (unpaired) electrons. The van der Waals surface area contributed by atoms with Crippen molar-refractivity contribution in [2.24, 2.45) is 0 Å². The molecule has 0 amide bonds. The Kier molecular flexibility index (Phi) is 12.3. The van der Waals surface area contributed by atoms with Crippen LogP contribution in [0.25, 0.3) is 33.4 Å². The van der Waals surface area contributed by atoms with Crippen LogP contribution in [0.4, 0.5) is 0 Å². The molecule has 2 aliphatic carbocycles. The number of halogens is 2. The summed E-state index contributed by atoms with van der Waals surface area (Å²) in [7, 11) is 0. The van der Waals surface area contributed by atoms with Gasteiger partial charge in [0.25, 0.3) is 0 Å². The van der Waals surface area contributed by atoms with Gasteiger partial charge in [-0.3, -0.25) is 6.08 Å². The molecule has 0 aliphatic heterocycles. The summed E-state index contributed by atoms with van der Waals surface area (Å²) in [6.45, 7) is 4.17.